The van der Waals surface area contributed by atoms with E-state index in [1.54, 1.807) is 0 Å². The molecule has 102 valence electrons. The molecule has 1 heterocycles. The summed E-state index contributed by atoms with van der Waals surface area (Å²) in [6.07, 6.45) is 0. The molecule has 0 aliphatic carbocycles. The molecule has 1 aromatic heterocycles. The summed E-state index contributed by atoms with van der Waals surface area (Å²) in [6.45, 7) is 14.0. The van der Waals surface area contributed by atoms with E-state index in [2.05, 4.69) is 49.9 Å². The molecule has 18 heavy (non-hydrogen) atoms. The molecule has 0 aliphatic heterocycles. The molecule has 0 spiro atoms. The standard InChI is InChI=1S/C14H25N3O/c1-7-15-13-11(6)14(18-8-9(2)3)17-12(16-13)10(4)5/h9-10H,7-8H2,1-6H3,(H,15,16,17). The zero-order chi connectivity index (χ0) is 13.7. The average molecular weight is 251 g/mol. The van der Waals surface area contributed by atoms with E-state index in [9.17, 15) is 0 Å². The number of aromatic nitrogens is 2. The molecule has 0 aromatic carbocycles. The number of hydrogen-bond acceptors (Lipinski definition) is 4. The lowest BCUT2D eigenvalue weighted by Gasteiger charge is -2.16. The molecule has 0 saturated carbocycles. The van der Waals surface area contributed by atoms with Crippen LogP contribution in [-0.4, -0.2) is 23.1 Å². The highest BCUT2D eigenvalue weighted by atomic mass is 16.5. The van der Waals surface area contributed by atoms with Crippen LogP contribution >= 0.6 is 0 Å². The Hall–Kier alpha value is -1.32. The van der Waals surface area contributed by atoms with Crippen LogP contribution in [0.25, 0.3) is 0 Å². The fourth-order valence-electron chi connectivity index (χ4n) is 1.50. The predicted octanol–water partition coefficient (Wildman–Crippen LogP) is 3.38. The molecule has 0 unspecified atom stereocenters. The maximum Gasteiger partial charge on any atom is 0.221 e. The van der Waals surface area contributed by atoms with Gasteiger partial charge in [0, 0.05) is 12.5 Å². The molecular formula is C14H25N3O. The van der Waals surface area contributed by atoms with Gasteiger partial charge in [0.1, 0.15) is 11.6 Å². The van der Waals surface area contributed by atoms with Crippen LogP contribution in [0.1, 0.15) is 51.9 Å². The van der Waals surface area contributed by atoms with Crippen molar-refractivity contribution in [1.82, 2.24) is 9.97 Å². The molecular weight excluding hydrogens is 226 g/mol. The lowest BCUT2D eigenvalue weighted by Crippen LogP contribution is -2.12. The molecule has 0 atom stereocenters. The number of anilines is 1. The number of rotatable bonds is 6. The quantitative estimate of drug-likeness (QED) is 0.842. The van der Waals surface area contributed by atoms with Crippen molar-refractivity contribution < 1.29 is 4.74 Å². The highest BCUT2D eigenvalue weighted by Gasteiger charge is 2.14. The van der Waals surface area contributed by atoms with Crippen molar-refractivity contribution in [3.63, 3.8) is 0 Å². The summed E-state index contributed by atoms with van der Waals surface area (Å²) in [5.41, 5.74) is 0.988. The first-order valence-electron chi connectivity index (χ1n) is 6.70. The van der Waals surface area contributed by atoms with E-state index >= 15 is 0 Å². The van der Waals surface area contributed by atoms with Gasteiger partial charge in [-0.15, -0.1) is 0 Å². The Labute approximate surface area is 110 Å². The van der Waals surface area contributed by atoms with Crippen molar-refractivity contribution in [3.8, 4) is 5.88 Å². The van der Waals surface area contributed by atoms with Gasteiger partial charge < -0.3 is 10.1 Å². The van der Waals surface area contributed by atoms with Gasteiger partial charge in [-0.3, -0.25) is 0 Å². The Bertz CT molecular complexity index is 389. The van der Waals surface area contributed by atoms with Crippen LogP contribution in [0.4, 0.5) is 5.82 Å². The second-order valence-electron chi connectivity index (χ2n) is 5.25. The average Bonchev–Trinajstić information content (AvgIpc) is 2.29. The Morgan fingerprint density at radius 3 is 2.33 bits per heavy atom. The monoisotopic (exact) mass is 251 g/mol. The van der Waals surface area contributed by atoms with E-state index in [1.165, 1.54) is 0 Å². The molecule has 4 nitrogen and oxygen atoms in total. The van der Waals surface area contributed by atoms with Crippen LogP contribution in [-0.2, 0) is 0 Å². The van der Waals surface area contributed by atoms with E-state index in [0.29, 0.717) is 24.3 Å². The van der Waals surface area contributed by atoms with E-state index in [4.69, 9.17) is 4.74 Å². The Morgan fingerprint density at radius 2 is 1.83 bits per heavy atom. The van der Waals surface area contributed by atoms with Crippen molar-refractivity contribution in [1.29, 1.82) is 0 Å². The van der Waals surface area contributed by atoms with E-state index in [-0.39, 0.29) is 0 Å². The second kappa shape index (κ2) is 6.57. The van der Waals surface area contributed by atoms with Gasteiger partial charge in [0.2, 0.25) is 5.88 Å². The number of nitrogens with zero attached hydrogens (tertiary/aromatic N) is 2. The predicted molar refractivity (Wildman–Crippen MR) is 75.4 cm³/mol. The SMILES string of the molecule is CCNc1nc(C(C)C)nc(OCC(C)C)c1C. The van der Waals surface area contributed by atoms with Gasteiger partial charge in [-0.1, -0.05) is 27.7 Å². The molecule has 0 bridgehead atoms. The third kappa shape index (κ3) is 3.86. The lowest BCUT2D eigenvalue weighted by molar-refractivity contribution is 0.258. The zero-order valence-corrected chi connectivity index (χ0v) is 12.4. The zero-order valence-electron chi connectivity index (χ0n) is 12.4. The minimum Gasteiger partial charge on any atom is -0.477 e. The third-order valence-electron chi connectivity index (χ3n) is 2.53. The fourth-order valence-corrected chi connectivity index (χ4v) is 1.50. The highest BCUT2D eigenvalue weighted by Crippen LogP contribution is 2.25. The van der Waals surface area contributed by atoms with Crippen molar-refractivity contribution >= 4 is 5.82 Å². The van der Waals surface area contributed by atoms with Crippen molar-refractivity contribution in [2.45, 2.75) is 47.5 Å². The first-order valence-corrected chi connectivity index (χ1v) is 6.70. The summed E-state index contributed by atoms with van der Waals surface area (Å²) in [5.74, 6) is 3.21. The Kier molecular flexibility index (Phi) is 5.38. The summed E-state index contributed by atoms with van der Waals surface area (Å²) >= 11 is 0. The number of nitrogens with one attached hydrogen (secondary N) is 1. The molecule has 0 amide bonds. The van der Waals surface area contributed by atoms with Gasteiger partial charge in [0.05, 0.1) is 12.2 Å². The van der Waals surface area contributed by atoms with Crippen LogP contribution in [0.5, 0.6) is 5.88 Å². The minimum atomic E-state index is 0.296. The first-order chi connectivity index (χ1) is 8.45. The fraction of sp³-hybridized carbons (Fsp3) is 0.714. The van der Waals surface area contributed by atoms with Crippen LogP contribution in [0.2, 0.25) is 0 Å². The molecule has 0 saturated heterocycles. The van der Waals surface area contributed by atoms with Gasteiger partial charge in [-0.25, -0.2) is 4.98 Å². The van der Waals surface area contributed by atoms with E-state index in [1.807, 2.05) is 6.92 Å². The molecule has 1 N–H and O–H groups in total. The smallest absolute Gasteiger partial charge is 0.221 e. The lowest BCUT2D eigenvalue weighted by atomic mass is 10.2. The number of ether oxygens (including phenoxy) is 1. The maximum absolute atomic E-state index is 5.78. The van der Waals surface area contributed by atoms with Crippen LogP contribution < -0.4 is 10.1 Å². The Morgan fingerprint density at radius 1 is 1.17 bits per heavy atom. The Balaban J connectivity index is 3.05. The minimum absolute atomic E-state index is 0.296. The van der Waals surface area contributed by atoms with Gasteiger partial charge in [0.25, 0.3) is 0 Å². The summed E-state index contributed by atoms with van der Waals surface area (Å²) in [6, 6.07) is 0. The van der Waals surface area contributed by atoms with Gasteiger partial charge in [0.15, 0.2) is 0 Å². The van der Waals surface area contributed by atoms with Gasteiger partial charge in [-0.05, 0) is 19.8 Å². The molecule has 4 heteroatoms. The number of hydrogen-bond donors (Lipinski definition) is 1. The summed E-state index contributed by atoms with van der Waals surface area (Å²) in [5, 5.41) is 3.27. The first kappa shape index (κ1) is 14.7. The van der Waals surface area contributed by atoms with E-state index < -0.39 is 0 Å². The maximum atomic E-state index is 5.78. The van der Waals surface area contributed by atoms with Crippen LogP contribution in [0.3, 0.4) is 0 Å². The molecule has 1 rings (SSSR count). The molecule has 0 aliphatic rings. The summed E-state index contributed by atoms with van der Waals surface area (Å²) < 4.78 is 5.78. The van der Waals surface area contributed by atoms with Crippen LogP contribution in [0, 0.1) is 12.8 Å². The highest BCUT2D eigenvalue weighted by molar-refractivity contribution is 5.48. The molecule has 0 fully saturated rings. The van der Waals surface area contributed by atoms with E-state index in [0.717, 1.165) is 23.8 Å². The van der Waals surface area contributed by atoms with Crippen molar-refractivity contribution in [2.75, 3.05) is 18.5 Å². The van der Waals surface area contributed by atoms with Gasteiger partial charge in [-0.2, -0.15) is 4.98 Å². The summed E-state index contributed by atoms with van der Waals surface area (Å²) in [4.78, 5) is 9.06. The third-order valence-corrected chi connectivity index (χ3v) is 2.53. The molecule has 1 aromatic rings. The molecule has 0 radical (unpaired) electrons. The summed E-state index contributed by atoms with van der Waals surface area (Å²) in [7, 11) is 0. The normalized spacial score (nSPS) is 11.1. The van der Waals surface area contributed by atoms with Crippen LogP contribution in [0.15, 0.2) is 0 Å². The van der Waals surface area contributed by atoms with Gasteiger partial charge >= 0.3 is 0 Å². The van der Waals surface area contributed by atoms with Crippen molar-refractivity contribution in [2.24, 2.45) is 5.92 Å². The van der Waals surface area contributed by atoms with Crippen molar-refractivity contribution in [3.05, 3.63) is 11.4 Å². The topological polar surface area (TPSA) is 47.0 Å². The second-order valence-corrected chi connectivity index (χ2v) is 5.25. The largest absolute Gasteiger partial charge is 0.477 e.